The van der Waals surface area contributed by atoms with Crippen molar-refractivity contribution >= 4 is 5.91 Å². The van der Waals surface area contributed by atoms with Crippen LogP contribution in [0.5, 0.6) is 0 Å². The molecule has 0 rings (SSSR count). The van der Waals surface area contributed by atoms with Crippen LogP contribution < -0.4 is 5.32 Å². The van der Waals surface area contributed by atoms with E-state index in [1.54, 1.807) is 0 Å². The largest absolute Gasteiger partial charge is 0.390 e. The molecule has 4 heteroatoms. The summed E-state index contributed by atoms with van der Waals surface area (Å²) < 4.78 is 0. The van der Waals surface area contributed by atoms with Gasteiger partial charge in [0, 0.05) is 0 Å². The van der Waals surface area contributed by atoms with E-state index in [4.69, 9.17) is 5.11 Å². The lowest BCUT2D eigenvalue weighted by Gasteiger charge is -2.12. The molecule has 2 atom stereocenters. The molecule has 0 bridgehead atoms. The van der Waals surface area contributed by atoms with Gasteiger partial charge in [0.2, 0.25) is 0 Å². The summed E-state index contributed by atoms with van der Waals surface area (Å²) in [6.07, 6.45) is -2.66. The first kappa shape index (κ1) is 17.9. The minimum atomic E-state index is -1.50. The van der Waals surface area contributed by atoms with Gasteiger partial charge in [-0.05, 0) is 72.0 Å². The molecule has 0 radical (unpaired) electrons. The molecule has 0 aromatic heterocycles. The number of aliphatic hydroxyl groups excluding tert-OH is 2. The Morgan fingerprint density at radius 2 is 1.48 bits per heavy atom. The van der Waals surface area contributed by atoms with E-state index >= 15 is 0 Å². The van der Waals surface area contributed by atoms with Crippen molar-refractivity contribution in [3.8, 4) is 0 Å². The molecule has 0 saturated heterocycles. The van der Waals surface area contributed by atoms with Gasteiger partial charge in [0.15, 0.2) is 6.10 Å². The van der Waals surface area contributed by atoms with Gasteiger partial charge in [-0.2, -0.15) is 0 Å². The smallest absolute Gasteiger partial charge is 0.256 e. The predicted octanol–water partition coefficient (Wildman–Crippen LogP) is 0.929. The second-order valence-corrected chi connectivity index (χ2v) is 3.60. The average Bonchev–Trinajstić information content (AvgIpc) is 2.44. The van der Waals surface area contributed by atoms with Crippen molar-refractivity contribution in [3.63, 3.8) is 0 Å². The lowest BCUT2D eigenvalue weighted by Crippen LogP contribution is -2.39. The van der Waals surface area contributed by atoms with Gasteiger partial charge < -0.3 is 15.5 Å². The van der Waals surface area contributed by atoms with Crippen LogP contribution in [0.1, 0.15) is 13.8 Å². The number of allylic oxidation sites excluding steroid dienone is 1. The number of hydrogen-bond donors (Lipinski definition) is 3. The monoisotopic (exact) mass is 279 g/mol. The minimum Gasteiger partial charge on any atom is -0.390 e. The summed E-state index contributed by atoms with van der Waals surface area (Å²) in [5.74, 6) is -0.730. The number of rotatable bonds is 3. The SMILES string of the molecule is C=C=C=C=C=C=C=C=C=C=C=C(C)NC(=O)C(O)C(C)O. The third kappa shape index (κ3) is 9.50. The highest BCUT2D eigenvalue weighted by Crippen LogP contribution is 1.93. The summed E-state index contributed by atoms with van der Waals surface area (Å²) in [6.45, 7) is 6.13. The summed E-state index contributed by atoms with van der Waals surface area (Å²) in [5, 5.41) is 20.6. The van der Waals surface area contributed by atoms with Gasteiger partial charge in [0.25, 0.3) is 5.91 Å². The van der Waals surface area contributed by atoms with Crippen molar-refractivity contribution in [3.05, 3.63) is 69.6 Å². The van der Waals surface area contributed by atoms with Gasteiger partial charge >= 0.3 is 0 Å². The molecule has 3 N–H and O–H groups in total. The highest BCUT2D eigenvalue weighted by Gasteiger charge is 2.19. The van der Waals surface area contributed by atoms with E-state index in [-0.39, 0.29) is 0 Å². The first-order chi connectivity index (χ1) is 9.99. The molecule has 0 fully saturated rings. The van der Waals surface area contributed by atoms with Crippen molar-refractivity contribution in [1.29, 1.82) is 0 Å². The van der Waals surface area contributed by atoms with Gasteiger partial charge in [-0.15, -0.1) is 0 Å². The first-order valence-corrected chi connectivity index (χ1v) is 5.77. The first-order valence-electron chi connectivity index (χ1n) is 5.77. The fourth-order valence-electron chi connectivity index (χ4n) is 0.866. The molecular formula is C17H13NO3. The lowest BCUT2D eigenvalue weighted by molar-refractivity contribution is -0.133. The number of aliphatic hydroxyl groups is 2. The van der Waals surface area contributed by atoms with Crippen LogP contribution in [0.15, 0.2) is 69.6 Å². The summed E-state index contributed by atoms with van der Waals surface area (Å²) in [7, 11) is 0. The summed E-state index contributed by atoms with van der Waals surface area (Å²) in [6, 6.07) is 0. The fraction of sp³-hybridized carbons (Fsp3) is 0.235. The van der Waals surface area contributed by atoms with Gasteiger partial charge in [-0.25, -0.2) is 0 Å². The molecule has 0 aromatic carbocycles. The third-order valence-corrected chi connectivity index (χ3v) is 1.81. The van der Waals surface area contributed by atoms with Crippen LogP contribution in [0.25, 0.3) is 0 Å². The van der Waals surface area contributed by atoms with Crippen LogP contribution in [-0.4, -0.2) is 28.3 Å². The fourth-order valence-corrected chi connectivity index (χ4v) is 0.866. The molecule has 0 aliphatic heterocycles. The number of hydrogen-bond acceptors (Lipinski definition) is 3. The Balaban J connectivity index is 5.25. The van der Waals surface area contributed by atoms with E-state index in [1.165, 1.54) is 13.8 Å². The van der Waals surface area contributed by atoms with Crippen molar-refractivity contribution in [1.82, 2.24) is 5.32 Å². The number of nitrogens with one attached hydrogen (secondary N) is 1. The Morgan fingerprint density at radius 1 is 1.00 bits per heavy atom. The molecule has 1 amide bonds. The summed E-state index contributed by atoms with van der Waals surface area (Å²) >= 11 is 0. The zero-order chi connectivity index (χ0) is 16.1. The minimum absolute atomic E-state index is 0.299. The summed E-state index contributed by atoms with van der Waals surface area (Å²) in [4.78, 5) is 11.4. The van der Waals surface area contributed by atoms with Gasteiger partial charge in [0.1, 0.15) is 0 Å². The zero-order valence-electron chi connectivity index (χ0n) is 11.7. The Bertz CT molecular complexity index is 771. The molecule has 4 nitrogen and oxygen atoms in total. The molecule has 0 spiro atoms. The maximum atomic E-state index is 11.4. The average molecular weight is 279 g/mol. The molecule has 2 unspecified atom stereocenters. The van der Waals surface area contributed by atoms with E-state index < -0.39 is 18.1 Å². The Labute approximate surface area is 122 Å². The van der Waals surface area contributed by atoms with Crippen LogP contribution in [0.2, 0.25) is 0 Å². The molecular weight excluding hydrogens is 266 g/mol. The lowest BCUT2D eigenvalue weighted by atomic mass is 10.2. The second-order valence-electron chi connectivity index (χ2n) is 3.60. The Morgan fingerprint density at radius 3 is 1.95 bits per heavy atom. The van der Waals surface area contributed by atoms with E-state index in [9.17, 15) is 9.90 Å². The highest BCUT2D eigenvalue weighted by atomic mass is 16.3. The van der Waals surface area contributed by atoms with Crippen LogP contribution >= 0.6 is 0 Å². The van der Waals surface area contributed by atoms with Gasteiger partial charge in [0.05, 0.1) is 11.8 Å². The molecule has 0 aliphatic carbocycles. The maximum absolute atomic E-state index is 11.4. The Hall–Kier alpha value is -3.07. The number of amides is 1. The maximum Gasteiger partial charge on any atom is 0.256 e. The normalized spacial score (nSPS) is 9.90. The van der Waals surface area contributed by atoms with E-state index in [0.717, 1.165) is 0 Å². The standard InChI is InChI=1S/C17H13NO3/c1-4-5-6-7-8-9-10-11-12-13-14(2)18-17(21)16(20)15(3)19/h15-16,19-20H,1H2,2-3H3,(H,18,21). The highest BCUT2D eigenvalue weighted by molar-refractivity contribution is 5.82. The topological polar surface area (TPSA) is 69.6 Å². The van der Waals surface area contributed by atoms with E-state index in [0.29, 0.717) is 5.70 Å². The number of carbonyl (C=O) groups excluding carboxylic acids is 1. The quantitative estimate of drug-likeness (QED) is 0.673. The molecule has 0 aliphatic rings. The molecule has 104 valence electrons. The van der Waals surface area contributed by atoms with E-state index in [2.05, 4.69) is 69.2 Å². The molecule has 0 aromatic rings. The van der Waals surface area contributed by atoms with Crippen LogP contribution in [0.4, 0.5) is 0 Å². The van der Waals surface area contributed by atoms with Crippen LogP contribution in [-0.2, 0) is 4.79 Å². The third-order valence-electron chi connectivity index (χ3n) is 1.81. The van der Waals surface area contributed by atoms with Gasteiger partial charge in [-0.3, -0.25) is 4.79 Å². The van der Waals surface area contributed by atoms with Crippen molar-refractivity contribution < 1.29 is 15.0 Å². The van der Waals surface area contributed by atoms with Crippen LogP contribution in [0, 0.1) is 0 Å². The van der Waals surface area contributed by atoms with Gasteiger partial charge in [-0.1, -0.05) is 5.73 Å². The van der Waals surface area contributed by atoms with Crippen LogP contribution in [0.3, 0.4) is 0 Å². The molecule has 0 heterocycles. The number of carbonyl (C=O) groups is 1. The molecule has 0 saturated carbocycles. The van der Waals surface area contributed by atoms with Crippen molar-refractivity contribution in [2.24, 2.45) is 0 Å². The summed E-state index contributed by atoms with van der Waals surface area (Å²) in [5.41, 5.74) is 24.8. The van der Waals surface area contributed by atoms with Crippen molar-refractivity contribution in [2.45, 2.75) is 26.1 Å². The second kappa shape index (κ2) is 10.8. The zero-order valence-corrected chi connectivity index (χ0v) is 11.7. The van der Waals surface area contributed by atoms with E-state index in [1.807, 2.05) is 0 Å². The predicted molar refractivity (Wildman–Crippen MR) is 75.8 cm³/mol. The van der Waals surface area contributed by atoms with Crippen molar-refractivity contribution in [2.75, 3.05) is 0 Å². The Kier molecular flexibility index (Phi) is 9.23. The molecule has 21 heavy (non-hydrogen) atoms.